The Morgan fingerprint density at radius 2 is 1.80 bits per heavy atom. The fourth-order valence-electron chi connectivity index (χ4n) is 3.11. The van der Waals surface area contributed by atoms with E-state index in [1.165, 1.54) is 12.8 Å². The van der Waals surface area contributed by atoms with Crippen molar-refractivity contribution in [3.8, 4) is 0 Å². The molecule has 25 heavy (non-hydrogen) atoms. The van der Waals surface area contributed by atoms with E-state index in [-0.39, 0.29) is 23.6 Å². The van der Waals surface area contributed by atoms with Crippen LogP contribution in [0.1, 0.15) is 24.8 Å². The van der Waals surface area contributed by atoms with Crippen LogP contribution in [0.5, 0.6) is 0 Å². The number of hydrogen-bond donors (Lipinski definition) is 2. The summed E-state index contributed by atoms with van der Waals surface area (Å²) in [6.45, 7) is 2.11. The summed E-state index contributed by atoms with van der Waals surface area (Å²) in [7, 11) is 0. The Bertz CT molecular complexity index is 628. The number of benzene rings is 1. The van der Waals surface area contributed by atoms with Gasteiger partial charge in [0, 0.05) is 32.6 Å². The number of nitrogens with one attached hydrogen (secondary N) is 2. The van der Waals surface area contributed by atoms with Crippen molar-refractivity contribution in [1.82, 2.24) is 15.5 Å². The molecule has 1 aromatic rings. The second kappa shape index (κ2) is 8.14. The van der Waals surface area contributed by atoms with Gasteiger partial charge in [-0.3, -0.25) is 14.4 Å². The quantitative estimate of drug-likeness (QED) is 0.683. The molecule has 0 aromatic heterocycles. The Morgan fingerprint density at radius 3 is 2.52 bits per heavy atom. The van der Waals surface area contributed by atoms with Gasteiger partial charge in [0.25, 0.3) is 0 Å². The van der Waals surface area contributed by atoms with Crippen molar-refractivity contribution in [2.24, 2.45) is 11.8 Å². The number of hydrogen-bond acceptors (Lipinski definition) is 3. The summed E-state index contributed by atoms with van der Waals surface area (Å²) in [5.41, 5.74) is 0.962. The van der Waals surface area contributed by atoms with Crippen LogP contribution in [0.15, 0.2) is 30.3 Å². The Kier molecular flexibility index (Phi) is 5.68. The number of carbonyl (C=O) groups is 3. The Labute approximate surface area is 148 Å². The van der Waals surface area contributed by atoms with Crippen molar-refractivity contribution in [2.45, 2.75) is 25.7 Å². The lowest BCUT2D eigenvalue weighted by molar-refractivity contribution is -0.129. The van der Waals surface area contributed by atoms with E-state index in [4.69, 9.17) is 0 Å². The highest BCUT2D eigenvalue weighted by molar-refractivity contribution is 5.89. The van der Waals surface area contributed by atoms with E-state index in [2.05, 4.69) is 10.6 Å². The second-order valence-electron chi connectivity index (χ2n) is 6.95. The van der Waals surface area contributed by atoms with Crippen LogP contribution in [-0.2, 0) is 20.8 Å². The fourth-order valence-corrected chi connectivity index (χ4v) is 3.11. The molecule has 6 nitrogen and oxygen atoms in total. The molecule has 2 fully saturated rings. The summed E-state index contributed by atoms with van der Waals surface area (Å²) >= 11 is 0. The molecule has 1 heterocycles. The molecule has 1 aromatic carbocycles. The average molecular weight is 343 g/mol. The van der Waals surface area contributed by atoms with E-state index in [0.717, 1.165) is 12.1 Å². The first kappa shape index (κ1) is 17.5. The highest BCUT2D eigenvalue weighted by Gasteiger charge is 2.36. The fraction of sp³-hybridized carbons (Fsp3) is 0.526. The van der Waals surface area contributed by atoms with Crippen LogP contribution in [0.3, 0.4) is 0 Å². The van der Waals surface area contributed by atoms with Crippen LogP contribution < -0.4 is 10.6 Å². The topological polar surface area (TPSA) is 78.5 Å². The minimum Gasteiger partial charge on any atom is -0.354 e. The van der Waals surface area contributed by atoms with Gasteiger partial charge >= 0.3 is 0 Å². The van der Waals surface area contributed by atoms with Crippen molar-refractivity contribution >= 4 is 17.7 Å². The largest absolute Gasteiger partial charge is 0.354 e. The lowest BCUT2D eigenvalue weighted by Gasteiger charge is -2.16. The van der Waals surface area contributed by atoms with Crippen molar-refractivity contribution in [3.63, 3.8) is 0 Å². The first-order valence-corrected chi connectivity index (χ1v) is 8.98. The van der Waals surface area contributed by atoms with Crippen molar-refractivity contribution < 1.29 is 14.4 Å². The van der Waals surface area contributed by atoms with Gasteiger partial charge in [-0.2, -0.15) is 0 Å². The lowest BCUT2D eigenvalue weighted by atomic mass is 10.1. The highest BCUT2D eigenvalue weighted by Crippen LogP contribution is 2.31. The lowest BCUT2D eigenvalue weighted by Crippen LogP contribution is -2.38. The Balaban J connectivity index is 1.31. The van der Waals surface area contributed by atoms with Gasteiger partial charge in [-0.05, 0) is 24.3 Å². The smallest absolute Gasteiger partial charge is 0.225 e. The first-order valence-electron chi connectivity index (χ1n) is 8.98. The zero-order valence-corrected chi connectivity index (χ0v) is 14.4. The third-order valence-corrected chi connectivity index (χ3v) is 4.71. The maximum absolute atomic E-state index is 12.2. The number of nitrogens with zero attached hydrogens (tertiary/aromatic N) is 1. The standard InChI is InChI=1S/C19H25N3O3/c23-17(10-14-4-2-1-3-5-14)20-8-9-21-19(25)16-11-18(24)22(13-16)12-15-6-7-15/h1-5,15-16H,6-13H2,(H,20,23)(H,21,25). The maximum Gasteiger partial charge on any atom is 0.225 e. The van der Waals surface area contributed by atoms with Crippen LogP contribution in [0.4, 0.5) is 0 Å². The molecular formula is C19H25N3O3. The molecular weight excluding hydrogens is 318 g/mol. The molecule has 3 rings (SSSR count). The van der Waals surface area contributed by atoms with Gasteiger partial charge in [-0.15, -0.1) is 0 Å². The molecule has 134 valence electrons. The SMILES string of the molecule is O=C(Cc1ccccc1)NCCNC(=O)C1CC(=O)N(CC2CC2)C1. The van der Waals surface area contributed by atoms with Crippen molar-refractivity contribution in [3.05, 3.63) is 35.9 Å². The summed E-state index contributed by atoms with van der Waals surface area (Å²) in [4.78, 5) is 37.8. The van der Waals surface area contributed by atoms with E-state index in [9.17, 15) is 14.4 Å². The van der Waals surface area contributed by atoms with Gasteiger partial charge < -0.3 is 15.5 Å². The number of likely N-dealkylation sites (tertiary alicyclic amines) is 1. The van der Waals surface area contributed by atoms with Crippen LogP contribution in [-0.4, -0.2) is 48.8 Å². The highest BCUT2D eigenvalue weighted by atomic mass is 16.2. The Morgan fingerprint density at radius 1 is 1.08 bits per heavy atom. The van der Waals surface area contributed by atoms with E-state index in [0.29, 0.717) is 38.4 Å². The van der Waals surface area contributed by atoms with Crippen LogP contribution in [0.2, 0.25) is 0 Å². The molecule has 1 atom stereocenters. The van der Waals surface area contributed by atoms with Crippen LogP contribution in [0.25, 0.3) is 0 Å². The molecule has 2 N–H and O–H groups in total. The molecule has 0 radical (unpaired) electrons. The third kappa shape index (κ3) is 5.31. The van der Waals surface area contributed by atoms with E-state index < -0.39 is 0 Å². The monoisotopic (exact) mass is 343 g/mol. The molecule has 0 spiro atoms. The summed E-state index contributed by atoms with van der Waals surface area (Å²) in [6.07, 6.45) is 3.04. The van der Waals surface area contributed by atoms with E-state index in [1.54, 1.807) is 0 Å². The average Bonchev–Trinajstić information content (AvgIpc) is 3.34. The number of amides is 3. The summed E-state index contributed by atoms with van der Waals surface area (Å²) in [5, 5.41) is 5.62. The van der Waals surface area contributed by atoms with Crippen LogP contribution in [0, 0.1) is 11.8 Å². The molecule has 1 unspecified atom stereocenters. The molecule has 1 aliphatic carbocycles. The van der Waals surface area contributed by atoms with Gasteiger partial charge in [0.05, 0.1) is 12.3 Å². The van der Waals surface area contributed by atoms with Gasteiger partial charge in [0.2, 0.25) is 17.7 Å². The summed E-state index contributed by atoms with van der Waals surface area (Å²) in [6, 6.07) is 9.53. The Hall–Kier alpha value is -2.37. The first-order chi connectivity index (χ1) is 12.1. The summed E-state index contributed by atoms with van der Waals surface area (Å²) in [5.74, 6) is 0.316. The van der Waals surface area contributed by atoms with Gasteiger partial charge in [-0.1, -0.05) is 30.3 Å². The van der Waals surface area contributed by atoms with Crippen molar-refractivity contribution in [2.75, 3.05) is 26.2 Å². The van der Waals surface area contributed by atoms with E-state index in [1.807, 2.05) is 35.2 Å². The van der Waals surface area contributed by atoms with Gasteiger partial charge in [0.1, 0.15) is 0 Å². The molecule has 1 saturated carbocycles. The number of carbonyl (C=O) groups excluding carboxylic acids is 3. The molecule has 6 heteroatoms. The minimum atomic E-state index is -0.258. The van der Waals surface area contributed by atoms with Crippen molar-refractivity contribution in [1.29, 1.82) is 0 Å². The van der Waals surface area contributed by atoms with Gasteiger partial charge in [0.15, 0.2) is 0 Å². The van der Waals surface area contributed by atoms with Crippen LogP contribution >= 0.6 is 0 Å². The zero-order valence-electron chi connectivity index (χ0n) is 14.4. The zero-order chi connectivity index (χ0) is 17.6. The molecule has 1 aliphatic heterocycles. The maximum atomic E-state index is 12.2. The normalized spacial score (nSPS) is 19.8. The second-order valence-corrected chi connectivity index (χ2v) is 6.95. The molecule has 3 amide bonds. The van der Waals surface area contributed by atoms with Gasteiger partial charge in [-0.25, -0.2) is 0 Å². The number of rotatable bonds is 8. The molecule has 0 bridgehead atoms. The third-order valence-electron chi connectivity index (χ3n) is 4.71. The molecule has 1 saturated heterocycles. The predicted molar refractivity (Wildman–Crippen MR) is 93.6 cm³/mol. The summed E-state index contributed by atoms with van der Waals surface area (Å²) < 4.78 is 0. The van der Waals surface area contributed by atoms with E-state index >= 15 is 0 Å². The predicted octanol–water partition coefficient (Wildman–Crippen LogP) is 0.720. The minimum absolute atomic E-state index is 0.0629. The molecule has 2 aliphatic rings.